The topological polar surface area (TPSA) is 92.9 Å². The highest BCUT2D eigenvalue weighted by Crippen LogP contribution is 2.21. The Balaban J connectivity index is 1.76. The average Bonchev–Trinajstić information content (AvgIpc) is 3.00. The number of tetrazole rings is 1. The van der Waals surface area contributed by atoms with Crippen LogP contribution >= 0.6 is 0 Å². The standard InChI is InChI=1S/C17H22FN5O2/c1-11-20-21-22-23(11)16(10-12-3-2-4-13(18)9-12)17(25)19-14-5-7-15(24)8-6-14/h2-4,9,14-16,24H,5-8,10H2,1H3,(H,19,25). The van der Waals surface area contributed by atoms with Gasteiger partial charge in [-0.05, 0) is 60.7 Å². The molecular weight excluding hydrogens is 325 g/mol. The Bertz CT molecular complexity index is 727. The lowest BCUT2D eigenvalue weighted by atomic mass is 9.92. The van der Waals surface area contributed by atoms with Crippen molar-refractivity contribution in [2.24, 2.45) is 0 Å². The fourth-order valence-corrected chi connectivity index (χ4v) is 3.22. The summed E-state index contributed by atoms with van der Waals surface area (Å²) in [5.41, 5.74) is 0.703. The van der Waals surface area contributed by atoms with Crippen LogP contribution in [0.15, 0.2) is 24.3 Å². The van der Waals surface area contributed by atoms with Gasteiger partial charge in [0.05, 0.1) is 6.10 Å². The van der Waals surface area contributed by atoms with E-state index in [1.54, 1.807) is 19.1 Å². The average molecular weight is 347 g/mol. The van der Waals surface area contributed by atoms with Crippen molar-refractivity contribution in [3.8, 4) is 0 Å². The van der Waals surface area contributed by atoms with Gasteiger partial charge in [-0.25, -0.2) is 9.07 Å². The van der Waals surface area contributed by atoms with E-state index in [0.717, 1.165) is 12.8 Å². The first-order valence-corrected chi connectivity index (χ1v) is 8.50. The summed E-state index contributed by atoms with van der Waals surface area (Å²) in [7, 11) is 0. The summed E-state index contributed by atoms with van der Waals surface area (Å²) in [4.78, 5) is 12.8. The van der Waals surface area contributed by atoms with Crippen molar-refractivity contribution < 1.29 is 14.3 Å². The SMILES string of the molecule is Cc1nnnn1C(Cc1cccc(F)c1)C(=O)NC1CCC(O)CC1. The van der Waals surface area contributed by atoms with Gasteiger partial charge in [-0.15, -0.1) is 5.10 Å². The summed E-state index contributed by atoms with van der Waals surface area (Å²) in [5, 5.41) is 24.0. The van der Waals surface area contributed by atoms with Crippen LogP contribution in [0, 0.1) is 12.7 Å². The number of nitrogens with one attached hydrogen (secondary N) is 1. The highest BCUT2D eigenvalue weighted by Gasteiger charge is 2.28. The Hall–Kier alpha value is -2.35. The fourth-order valence-electron chi connectivity index (χ4n) is 3.22. The molecule has 2 aromatic rings. The quantitative estimate of drug-likeness (QED) is 0.851. The molecule has 1 fully saturated rings. The molecular formula is C17H22FN5O2. The molecule has 1 aliphatic rings. The summed E-state index contributed by atoms with van der Waals surface area (Å²) in [6, 6.07) is 5.56. The lowest BCUT2D eigenvalue weighted by molar-refractivity contribution is -0.125. The molecule has 1 aromatic carbocycles. The van der Waals surface area contributed by atoms with E-state index in [0.29, 0.717) is 30.7 Å². The highest BCUT2D eigenvalue weighted by molar-refractivity contribution is 5.80. The summed E-state index contributed by atoms with van der Waals surface area (Å²) >= 11 is 0. The Morgan fingerprint density at radius 2 is 2.16 bits per heavy atom. The number of aryl methyl sites for hydroxylation is 1. The molecule has 25 heavy (non-hydrogen) atoms. The Morgan fingerprint density at radius 3 is 2.80 bits per heavy atom. The number of hydrogen-bond acceptors (Lipinski definition) is 5. The van der Waals surface area contributed by atoms with Gasteiger partial charge in [-0.2, -0.15) is 0 Å². The van der Waals surface area contributed by atoms with Crippen molar-refractivity contribution in [3.63, 3.8) is 0 Å². The van der Waals surface area contributed by atoms with Gasteiger partial charge in [0.25, 0.3) is 0 Å². The second kappa shape index (κ2) is 7.69. The van der Waals surface area contributed by atoms with Gasteiger partial charge in [0.2, 0.25) is 5.91 Å². The molecule has 0 aliphatic heterocycles. The number of rotatable bonds is 5. The Labute approximate surface area is 145 Å². The maximum Gasteiger partial charge on any atom is 0.245 e. The fraction of sp³-hybridized carbons (Fsp3) is 0.529. The number of aliphatic hydroxyl groups is 1. The largest absolute Gasteiger partial charge is 0.393 e. The van der Waals surface area contributed by atoms with Crippen LogP contribution in [0.3, 0.4) is 0 Å². The molecule has 0 spiro atoms. The summed E-state index contributed by atoms with van der Waals surface area (Å²) in [6.45, 7) is 1.73. The van der Waals surface area contributed by atoms with E-state index in [1.165, 1.54) is 16.8 Å². The van der Waals surface area contributed by atoms with Crippen LogP contribution in [-0.4, -0.2) is 43.4 Å². The molecule has 2 N–H and O–H groups in total. The second-order valence-corrected chi connectivity index (χ2v) is 6.53. The van der Waals surface area contributed by atoms with E-state index in [1.807, 2.05) is 0 Å². The first kappa shape index (κ1) is 17.5. The summed E-state index contributed by atoms with van der Waals surface area (Å²) in [6.07, 6.45) is 2.87. The molecule has 1 amide bonds. The van der Waals surface area contributed by atoms with Gasteiger partial charge < -0.3 is 10.4 Å². The lowest BCUT2D eigenvalue weighted by Crippen LogP contribution is -2.43. The molecule has 1 atom stereocenters. The van der Waals surface area contributed by atoms with Gasteiger partial charge in [-0.3, -0.25) is 4.79 Å². The van der Waals surface area contributed by atoms with Crippen LogP contribution in [0.5, 0.6) is 0 Å². The summed E-state index contributed by atoms with van der Waals surface area (Å²) < 4.78 is 14.9. The van der Waals surface area contributed by atoms with E-state index < -0.39 is 6.04 Å². The van der Waals surface area contributed by atoms with Crippen molar-refractivity contribution in [2.75, 3.05) is 0 Å². The zero-order valence-electron chi connectivity index (χ0n) is 14.1. The van der Waals surface area contributed by atoms with E-state index in [-0.39, 0.29) is 23.9 Å². The van der Waals surface area contributed by atoms with E-state index in [4.69, 9.17) is 0 Å². The molecule has 1 unspecified atom stereocenters. The highest BCUT2D eigenvalue weighted by atomic mass is 19.1. The molecule has 0 bridgehead atoms. The van der Waals surface area contributed by atoms with Gasteiger partial charge >= 0.3 is 0 Å². The van der Waals surface area contributed by atoms with Crippen LogP contribution in [0.25, 0.3) is 0 Å². The van der Waals surface area contributed by atoms with E-state index in [2.05, 4.69) is 20.8 Å². The first-order valence-electron chi connectivity index (χ1n) is 8.50. The predicted octanol–water partition coefficient (Wildman–Crippen LogP) is 1.32. The number of aliphatic hydroxyl groups excluding tert-OH is 1. The molecule has 8 heteroatoms. The van der Waals surface area contributed by atoms with Crippen molar-refractivity contribution in [1.82, 2.24) is 25.5 Å². The Kier molecular flexibility index (Phi) is 5.37. The minimum atomic E-state index is -0.649. The smallest absolute Gasteiger partial charge is 0.245 e. The van der Waals surface area contributed by atoms with Crippen LogP contribution in [0.1, 0.15) is 43.1 Å². The van der Waals surface area contributed by atoms with E-state index in [9.17, 15) is 14.3 Å². The van der Waals surface area contributed by atoms with Crippen molar-refractivity contribution in [2.45, 2.75) is 57.2 Å². The molecule has 3 rings (SSSR count). The molecule has 134 valence electrons. The molecule has 1 saturated carbocycles. The van der Waals surface area contributed by atoms with E-state index >= 15 is 0 Å². The minimum absolute atomic E-state index is 0.0303. The van der Waals surface area contributed by atoms with Gasteiger partial charge in [0.1, 0.15) is 17.7 Å². The molecule has 1 heterocycles. The molecule has 1 aliphatic carbocycles. The van der Waals surface area contributed by atoms with Gasteiger partial charge in [0, 0.05) is 12.5 Å². The number of nitrogens with zero attached hydrogens (tertiary/aromatic N) is 4. The van der Waals surface area contributed by atoms with Crippen LogP contribution in [0.2, 0.25) is 0 Å². The Morgan fingerprint density at radius 1 is 1.40 bits per heavy atom. The normalized spacial score (nSPS) is 21.7. The first-order chi connectivity index (χ1) is 12.0. The summed E-state index contributed by atoms with van der Waals surface area (Å²) in [5.74, 6) is -0.0111. The maximum atomic E-state index is 13.5. The third kappa shape index (κ3) is 4.39. The van der Waals surface area contributed by atoms with Gasteiger partial charge in [-0.1, -0.05) is 12.1 Å². The van der Waals surface area contributed by atoms with Crippen LogP contribution < -0.4 is 5.32 Å². The number of amides is 1. The third-order valence-corrected chi connectivity index (χ3v) is 4.62. The molecule has 0 radical (unpaired) electrons. The van der Waals surface area contributed by atoms with Crippen molar-refractivity contribution >= 4 is 5.91 Å². The number of carbonyl (C=O) groups is 1. The maximum absolute atomic E-state index is 13.5. The van der Waals surface area contributed by atoms with Crippen molar-refractivity contribution in [1.29, 1.82) is 0 Å². The van der Waals surface area contributed by atoms with Crippen LogP contribution in [0.4, 0.5) is 4.39 Å². The van der Waals surface area contributed by atoms with Gasteiger partial charge in [0.15, 0.2) is 0 Å². The second-order valence-electron chi connectivity index (χ2n) is 6.53. The zero-order chi connectivity index (χ0) is 17.8. The number of aromatic nitrogens is 4. The number of halogens is 1. The predicted molar refractivity (Wildman–Crippen MR) is 88.1 cm³/mol. The molecule has 7 nitrogen and oxygen atoms in total. The minimum Gasteiger partial charge on any atom is -0.393 e. The number of benzene rings is 1. The number of carbonyl (C=O) groups excluding carboxylic acids is 1. The third-order valence-electron chi connectivity index (χ3n) is 4.62. The lowest BCUT2D eigenvalue weighted by Gasteiger charge is -2.28. The zero-order valence-corrected chi connectivity index (χ0v) is 14.1. The monoisotopic (exact) mass is 347 g/mol. The number of hydrogen-bond donors (Lipinski definition) is 2. The molecule has 1 aromatic heterocycles. The molecule has 0 saturated heterocycles. The van der Waals surface area contributed by atoms with Crippen LogP contribution in [-0.2, 0) is 11.2 Å². The van der Waals surface area contributed by atoms with Crippen molar-refractivity contribution in [3.05, 3.63) is 41.5 Å².